The molecule has 5 rings (SSSR count). The topological polar surface area (TPSA) is 159 Å². The zero-order valence-corrected chi connectivity index (χ0v) is 22.7. The van der Waals surface area contributed by atoms with E-state index in [4.69, 9.17) is 20.4 Å². The van der Waals surface area contributed by atoms with E-state index in [0.29, 0.717) is 43.1 Å². The van der Waals surface area contributed by atoms with E-state index in [-0.39, 0.29) is 35.4 Å². The van der Waals surface area contributed by atoms with Crippen LogP contribution in [0.1, 0.15) is 0 Å². The van der Waals surface area contributed by atoms with Crippen molar-refractivity contribution >= 4 is 21.8 Å². The van der Waals surface area contributed by atoms with Crippen molar-refractivity contribution in [3.05, 3.63) is 60.7 Å². The maximum atomic E-state index is 15.1. The highest BCUT2D eigenvalue weighted by Crippen LogP contribution is 2.34. The highest BCUT2D eigenvalue weighted by Gasteiger charge is 2.42. The fourth-order valence-electron chi connectivity index (χ4n) is 4.64. The number of anilines is 1. The van der Waals surface area contributed by atoms with Crippen molar-refractivity contribution in [2.24, 2.45) is 0 Å². The maximum absolute atomic E-state index is 15.1. The number of alkyl halides is 3. The Labute approximate surface area is 238 Å². The normalized spacial score (nSPS) is 20.1. The van der Waals surface area contributed by atoms with E-state index >= 15 is 4.39 Å². The number of sulfonamides is 1. The number of aliphatic carboxylic acids is 1. The van der Waals surface area contributed by atoms with Crippen LogP contribution in [0.15, 0.2) is 59.8 Å². The number of ether oxygens (including phenoxy) is 1. The third-order valence-corrected chi connectivity index (χ3v) is 8.61. The highest BCUT2D eigenvalue weighted by atomic mass is 32.2. The van der Waals surface area contributed by atoms with E-state index in [1.54, 1.807) is 30.3 Å². The lowest BCUT2D eigenvalue weighted by atomic mass is 10.0. The molecule has 0 saturated carbocycles. The summed E-state index contributed by atoms with van der Waals surface area (Å²) in [6, 6.07) is 10.7. The van der Waals surface area contributed by atoms with Gasteiger partial charge >= 0.3 is 12.1 Å². The number of aromatic nitrogens is 2. The number of nitrogens with zero attached hydrogens (tertiary/aromatic N) is 4. The van der Waals surface area contributed by atoms with Gasteiger partial charge in [-0.2, -0.15) is 17.5 Å². The largest absolute Gasteiger partial charge is 0.490 e. The lowest BCUT2D eigenvalue weighted by Gasteiger charge is -2.33. The lowest BCUT2D eigenvalue weighted by Crippen LogP contribution is -2.49. The van der Waals surface area contributed by atoms with Gasteiger partial charge in [-0.1, -0.05) is 24.3 Å². The number of hydrogen-bond acceptors (Lipinski definition) is 9. The molecule has 0 spiro atoms. The van der Waals surface area contributed by atoms with Crippen molar-refractivity contribution in [3.8, 4) is 22.4 Å². The van der Waals surface area contributed by atoms with Crippen LogP contribution in [0.4, 0.5) is 23.4 Å². The lowest BCUT2D eigenvalue weighted by molar-refractivity contribution is -0.192. The average molecular weight is 614 g/mol. The van der Waals surface area contributed by atoms with Crippen molar-refractivity contribution in [2.75, 3.05) is 45.1 Å². The minimum absolute atomic E-state index is 0.00178. The Hall–Kier alpha value is -3.70. The van der Waals surface area contributed by atoms with E-state index in [0.717, 1.165) is 0 Å². The number of rotatable bonds is 5. The number of carboxylic acid groups (broad SMARTS) is 1. The molecular weight excluding hydrogens is 586 g/mol. The molecule has 3 heterocycles. The number of nitrogen functional groups attached to an aromatic ring is 1. The molecule has 16 heteroatoms. The van der Waals surface area contributed by atoms with Gasteiger partial charge in [0.1, 0.15) is 11.6 Å². The van der Waals surface area contributed by atoms with Gasteiger partial charge in [-0.3, -0.25) is 9.88 Å². The summed E-state index contributed by atoms with van der Waals surface area (Å²) in [6.07, 6.45) is -3.15. The Kier molecular flexibility index (Phi) is 9.42. The fourth-order valence-corrected chi connectivity index (χ4v) is 6.33. The maximum Gasteiger partial charge on any atom is 0.490 e. The number of hydrogen-bond donors (Lipinski definition) is 3. The van der Waals surface area contributed by atoms with Gasteiger partial charge in [-0.25, -0.2) is 22.6 Å². The van der Waals surface area contributed by atoms with Gasteiger partial charge in [0.05, 0.1) is 48.3 Å². The van der Waals surface area contributed by atoms with Crippen LogP contribution in [0.25, 0.3) is 22.4 Å². The van der Waals surface area contributed by atoms with Crippen molar-refractivity contribution in [3.63, 3.8) is 0 Å². The van der Waals surface area contributed by atoms with Crippen LogP contribution in [0.3, 0.4) is 0 Å². The Morgan fingerprint density at radius 1 is 1.02 bits per heavy atom. The Balaban J connectivity index is 0.000000517. The van der Waals surface area contributed by atoms with Crippen LogP contribution >= 0.6 is 0 Å². The number of carboxylic acids is 1. The summed E-state index contributed by atoms with van der Waals surface area (Å²) in [7, 11) is -3.95. The van der Waals surface area contributed by atoms with Gasteiger partial charge < -0.3 is 20.7 Å². The molecule has 4 N–H and O–H groups in total. The number of morpholine rings is 1. The Morgan fingerprint density at radius 3 is 2.29 bits per heavy atom. The number of carbonyl (C=O) groups is 1. The molecule has 0 amide bonds. The first kappa shape index (κ1) is 31.2. The molecule has 0 bridgehead atoms. The minimum Gasteiger partial charge on any atom is -0.475 e. The van der Waals surface area contributed by atoms with Gasteiger partial charge in [0, 0.05) is 37.3 Å². The standard InChI is InChI=1S/C24H26FN5O4S.C2HF3O2/c25-19-11-16(5-6-18(19)20-12-28-24(26)13-27-20)17-3-1-2-4-23(17)35(32,33)30-14-21(22(31)15-30)29-7-9-34-10-8-29;3-2(4,5)1(6)7/h1-6,11-13,21-22,31H,7-10,14-15H2,(H2,26,28);(H,6,7). The summed E-state index contributed by atoms with van der Waals surface area (Å²) < 4.78 is 80.8. The Morgan fingerprint density at radius 2 is 1.69 bits per heavy atom. The average Bonchev–Trinajstić information content (AvgIpc) is 3.36. The van der Waals surface area contributed by atoms with E-state index in [2.05, 4.69) is 14.9 Å². The van der Waals surface area contributed by atoms with E-state index in [1.165, 1.54) is 28.8 Å². The highest BCUT2D eigenvalue weighted by molar-refractivity contribution is 7.89. The molecule has 3 aromatic rings. The number of aliphatic hydroxyl groups excluding tert-OH is 1. The predicted octanol–water partition coefficient (Wildman–Crippen LogP) is 2.23. The summed E-state index contributed by atoms with van der Waals surface area (Å²) in [5, 5.41) is 17.8. The zero-order chi connectivity index (χ0) is 30.7. The molecule has 2 aliphatic heterocycles. The van der Waals surface area contributed by atoms with Crippen molar-refractivity contribution < 1.29 is 45.7 Å². The molecule has 2 aromatic carbocycles. The van der Waals surface area contributed by atoms with Gasteiger partial charge in [-0.15, -0.1) is 0 Å². The first-order valence-corrected chi connectivity index (χ1v) is 14.0. The van der Waals surface area contributed by atoms with Gasteiger partial charge in [0.2, 0.25) is 10.0 Å². The molecule has 42 heavy (non-hydrogen) atoms. The monoisotopic (exact) mass is 613 g/mol. The van der Waals surface area contributed by atoms with Crippen molar-refractivity contribution in [1.82, 2.24) is 19.2 Å². The number of benzene rings is 2. The third-order valence-electron chi connectivity index (χ3n) is 6.72. The summed E-state index contributed by atoms with van der Waals surface area (Å²) in [5.41, 5.74) is 6.91. The number of halogens is 4. The second kappa shape index (κ2) is 12.7. The SMILES string of the molecule is Nc1cnc(-c2ccc(-c3ccccc3S(=O)(=O)N3CC(O)C(N4CCOCC4)C3)cc2F)cn1.O=C(O)C(F)(F)F. The quantitative estimate of drug-likeness (QED) is 0.364. The second-order valence-corrected chi connectivity index (χ2v) is 11.3. The summed E-state index contributed by atoms with van der Waals surface area (Å²) in [5.74, 6) is -3.09. The summed E-state index contributed by atoms with van der Waals surface area (Å²) >= 11 is 0. The van der Waals surface area contributed by atoms with Gasteiger partial charge in [0.25, 0.3) is 0 Å². The summed E-state index contributed by atoms with van der Waals surface area (Å²) in [4.78, 5) is 19.1. The molecule has 0 radical (unpaired) electrons. The Bertz CT molecular complexity index is 1520. The minimum atomic E-state index is -5.08. The molecule has 226 valence electrons. The molecule has 2 atom stereocenters. The number of nitrogens with two attached hydrogens (primary N) is 1. The molecule has 1 aromatic heterocycles. The van der Waals surface area contributed by atoms with Gasteiger partial charge in [-0.05, 0) is 23.8 Å². The van der Waals surface area contributed by atoms with Crippen molar-refractivity contribution in [1.29, 1.82) is 0 Å². The molecule has 2 saturated heterocycles. The molecule has 11 nitrogen and oxygen atoms in total. The fraction of sp³-hybridized carbons (Fsp3) is 0.346. The second-order valence-electron chi connectivity index (χ2n) is 9.43. The smallest absolute Gasteiger partial charge is 0.475 e. The van der Waals surface area contributed by atoms with Crippen LogP contribution < -0.4 is 5.73 Å². The third kappa shape index (κ3) is 7.01. The van der Waals surface area contributed by atoms with E-state index < -0.39 is 34.1 Å². The molecule has 2 unspecified atom stereocenters. The molecular formula is C26H27F4N5O6S. The number of β-amino-alcohol motifs (C(OH)–C–C–N with tert-alkyl or cyclic N) is 1. The van der Waals surface area contributed by atoms with Crippen LogP contribution in [0.2, 0.25) is 0 Å². The first-order valence-electron chi connectivity index (χ1n) is 12.6. The van der Waals surface area contributed by atoms with E-state index in [1.807, 2.05) is 0 Å². The predicted molar refractivity (Wildman–Crippen MR) is 142 cm³/mol. The molecule has 2 aliphatic rings. The molecule has 0 aliphatic carbocycles. The van der Waals surface area contributed by atoms with Crippen molar-refractivity contribution in [2.45, 2.75) is 23.2 Å². The van der Waals surface area contributed by atoms with Crippen LogP contribution in [0.5, 0.6) is 0 Å². The van der Waals surface area contributed by atoms with Crippen LogP contribution in [0, 0.1) is 5.82 Å². The van der Waals surface area contributed by atoms with Gasteiger partial charge in [0.15, 0.2) is 0 Å². The number of aliphatic hydroxyl groups is 1. The molecule has 2 fully saturated rings. The zero-order valence-electron chi connectivity index (χ0n) is 21.9. The van der Waals surface area contributed by atoms with E-state index in [9.17, 15) is 26.7 Å². The van der Waals surface area contributed by atoms with Crippen LogP contribution in [-0.4, -0.2) is 101 Å². The van der Waals surface area contributed by atoms with Crippen LogP contribution in [-0.2, 0) is 19.6 Å². The first-order chi connectivity index (χ1) is 19.8. The summed E-state index contributed by atoms with van der Waals surface area (Å²) in [6.45, 7) is 2.60.